The number of carboxylic acid groups (broad SMARTS) is 1. The van der Waals surface area contributed by atoms with Gasteiger partial charge < -0.3 is 14.9 Å². The fourth-order valence-corrected chi connectivity index (χ4v) is 4.39. The van der Waals surface area contributed by atoms with E-state index in [0.717, 1.165) is 17.7 Å². The lowest BCUT2D eigenvalue weighted by atomic mass is 9.78. The van der Waals surface area contributed by atoms with Gasteiger partial charge in [-0.15, -0.1) is 0 Å². The second kappa shape index (κ2) is 8.62. The molecule has 1 aliphatic heterocycles. The van der Waals surface area contributed by atoms with E-state index in [9.17, 15) is 14.3 Å². The summed E-state index contributed by atoms with van der Waals surface area (Å²) in [7, 11) is 0. The van der Waals surface area contributed by atoms with E-state index in [2.05, 4.69) is 25.7 Å². The minimum Gasteiger partial charge on any atom is -0.465 e. The lowest BCUT2D eigenvalue weighted by Gasteiger charge is -2.48. The highest BCUT2D eigenvalue weighted by molar-refractivity contribution is 6.30. The summed E-state index contributed by atoms with van der Waals surface area (Å²) in [6.45, 7) is 7.34. The van der Waals surface area contributed by atoms with Crippen LogP contribution in [0.1, 0.15) is 39.2 Å². The van der Waals surface area contributed by atoms with E-state index < -0.39 is 6.09 Å². The van der Waals surface area contributed by atoms with Gasteiger partial charge in [0.1, 0.15) is 5.82 Å². The molecule has 6 heteroatoms. The maximum atomic E-state index is 13.5. The van der Waals surface area contributed by atoms with Crippen molar-refractivity contribution in [1.29, 1.82) is 0 Å². The first-order valence-electron chi connectivity index (χ1n) is 9.91. The SMILES string of the molecule is CC(C)(C)C1CC(N(Cc2cccc(Cl)c2)c2ccc(F)cc2)CCN1C(=O)O. The first-order chi connectivity index (χ1) is 13.6. The maximum absolute atomic E-state index is 13.5. The van der Waals surface area contributed by atoms with Crippen molar-refractivity contribution < 1.29 is 14.3 Å². The van der Waals surface area contributed by atoms with Crippen LogP contribution >= 0.6 is 11.6 Å². The van der Waals surface area contributed by atoms with E-state index in [-0.39, 0.29) is 23.3 Å². The van der Waals surface area contributed by atoms with Crippen LogP contribution in [-0.2, 0) is 6.54 Å². The number of nitrogens with zero attached hydrogens (tertiary/aromatic N) is 2. The van der Waals surface area contributed by atoms with Crippen LogP contribution in [-0.4, -0.2) is 34.7 Å². The molecule has 1 saturated heterocycles. The lowest BCUT2D eigenvalue weighted by molar-refractivity contribution is 0.0520. The number of benzene rings is 2. The number of hydrogen-bond donors (Lipinski definition) is 1. The summed E-state index contributed by atoms with van der Waals surface area (Å²) in [5, 5.41) is 10.3. The molecule has 0 aliphatic carbocycles. The highest BCUT2D eigenvalue weighted by Crippen LogP contribution is 2.36. The Hall–Kier alpha value is -2.27. The maximum Gasteiger partial charge on any atom is 0.407 e. The molecule has 4 nitrogen and oxygen atoms in total. The van der Waals surface area contributed by atoms with Gasteiger partial charge in [-0.2, -0.15) is 0 Å². The number of carbonyl (C=O) groups is 1. The smallest absolute Gasteiger partial charge is 0.407 e. The lowest BCUT2D eigenvalue weighted by Crippen LogP contribution is -2.56. The number of halogens is 2. The van der Waals surface area contributed by atoms with Crippen molar-refractivity contribution in [2.75, 3.05) is 11.4 Å². The summed E-state index contributed by atoms with van der Waals surface area (Å²) >= 11 is 6.18. The van der Waals surface area contributed by atoms with Gasteiger partial charge in [-0.05, 0) is 60.2 Å². The van der Waals surface area contributed by atoms with Gasteiger partial charge in [0, 0.05) is 35.9 Å². The van der Waals surface area contributed by atoms with Crippen LogP contribution in [0.2, 0.25) is 5.02 Å². The van der Waals surface area contributed by atoms with Gasteiger partial charge in [0.25, 0.3) is 0 Å². The van der Waals surface area contributed by atoms with E-state index in [0.29, 0.717) is 24.5 Å². The summed E-state index contributed by atoms with van der Waals surface area (Å²) in [6.07, 6.45) is 0.566. The fraction of sp³-hybridized carbons (Fsp3) is 0.435. The van der Waals surface area contributed by atoms with Gasteiger partial charge in [0.05, 0.1) is 0 Å². The Kier molecular flexibility index (Phi) is 6.37. The van der Waals surface area contributed by atoms with Crippen molar-refractivity contribution in [3.05, 3.63) is 64.9 Å². The molecule has 1 fully saturated rings. The van der Waals surface area contributed by atoms with E-state index >= 15 is 0 Å². The summed E-state index contributed by atoms with van der Waals surface area (Å²) in [4.78, 5) is 15.6. The standard InChI is InChI=1S/C23H28ClFN2O2/c1-23(2,3)21-14-20(11-12-26(21)22(28)29)27(19-9-7-18(25)8-10-19)15-16-5-4-6-17(24)13-16/h4-10,13,20-21H,11-12,14-15H2,1-3H3,(H,28,29). The molecule has 2 unspecified atom stereocenters. The highest BCUT2D eigenvalue weighted by Gasteiger charge is 2.40. The van der Waals surface area contributed by atoms with Crippen LogP contribution in [0.15, 0.2) is 48.5 Å². The first-order valence-corrected chi connectivity index (χ1v) is 10.3. The van der Waals surface area contributed by atoms with Crippen molar-refractivity contribution in [3.63, 3.8) is 0 Å². The monoisotopic (exact) mass is 418 g/mol. The number of likely N-dealkylation sites (tertiary alicyclic amines) is 1. The van der Waals surface area contributed by atoms with Crippen LogP contribution in [0.3, 0.4) is 0 Å². The average Bonchev–Trinajstić information content (AvgIpc) is 2.66. The molecule has 0 saturated carbocycles. The molecule has 1 amide bonds. The van der Waals surface area contributed by atoms with Gasteiger partial charge >= 0.3 is 6.09 Å². The van der Waals surface area contributed by atoms with E-state index in [1.165, 1.54) is 12.1 Å². The quantitative estimate of drug-likeness (QED) is 0.657. The van der Waals surface area contributed by atoms with Gasteiger partial charge in [0.2, 0.25) is 0 Å². The molecule has 1 heterocycles. The molecular weight excluding hydrogens is 391 g/mol. The summed E-state index contributed by atoms with van der Waals surface area (Å²) in [5.74, 6) is -0.273. The Bertz CT molecular complexity index is 851. The largest absolute Gasteiger partial charge is 0.465 e. The van der Waals surface area contributed by atoms with Gasteiger partial charge in [-0.1, -0.05) is 44.5 Å². The minimum absolute atomic E-state index is 0.0962. The van der Waals surface area contributed by atoms with Gasteiger partial charge in [-0.3, -0.25) is 0 Å². The number of rotatable bonds is 4. The number of hydrogen-bond acceptors (Lipinski definition) is 2. The molecule has 1 aliphatic rings. The third-order valence-corrected chi connectivity index (χ3v) is 5.90. The molecule has 29 heavy (non-hydrogen) atoms. The molecular formula is C23H28ClFN2O2. The number of amides is 1. The molecule has 3 rings (SSSR count). The van der Waals surface area contributed by atoms with Crippen molar-refractivity contribution in [1.82, 2.24) is 4.90 Å². The molecule has 2 atom stereocenters. The van der Waals surface area contributed by atoms with Crippen LogP contribution in [0.5, 0.6) is 0 Å². The van der Waals surface area contributed by atoms with Gasteiger partial charge in [0.15, 0.2) is 0 Å². The second-order valence-electron chi connectivity index (χ2n) is 8.77. The second-order valence-corrected chi connectivity index (χ2v) is 9.21. The van der Waals surface area contributed by atoms with E-state index in [1.54, 1.807) is 17.0 Å². The number of piperidine rings is 1. The predicted octanol–water partition coefficient (Wildman–Crippen LogP) is 6.04. The molecule has 2 aromatic carbocycles. The zero-order chi connectivity index (χ0) is 21.2. The normalized spacial score (nSPS) is 19.8. The van der Waals surface area contributed by atoms with E-state index in [1.807, 2.05) is 24.3 Å². The van der Waals surface area contributed by atoms with Crippen LogP contribution < -0.4 is 4.90 Å². The van der Waals surface area contributed by atoms with Crippen molar-refractivity contribution in [2.24, 2.45) is 5.41 Å². The third kappa shape index (κ3) is 5.21. The zero-order valence-electron chi connectivity index (χ0n) is 17.1. The molecule has 0 spiro atoms. The third-order valence-electron chi connectivity index (χ3n) is 5.66. The first kappa shape index (κ1) is 21.4. The Morgan fingerprint density at radius 3 is 2.52 bits per heavy atom. The Balaban J connectivity index is 1.92. The van der Waals surface area contributed by atoms with Crippen molar-refractivity contribution >= 4 is 23.4 Å². The topological polar surface area (TPSA) is 43.8 Å². The Morgan fingerprint density at radius 2 is 1.93 bits per heavy atom. The summed E-state index contributed by atoms with van der Waals surface area (Å²) in [5.41, 5.74) is 1.81. The highest BCUT2D eigenvalue weighted by atomic mass is 35.5. The Morgan fingerprint density at radius 1 is 1.24 bits per heavy atom. The molecule has 0 aromatic heterocycles. The Labute approximate surface area is 176 Å². The summed E-state index contributed by atoms with van der Waals surface area (Å²) in [6, 6.07) is 14.3. The minimum atomic E-state index is -0.869. The average molecular weight is 419 g/mol. The molecule has 2 aromatic rings. The van der Waals surface area contributed by atoms with Crippen LogP contribution in [0.25, 0.3) is 0 Å². The zero-order valence-corrected chi connectivity index (χ0v) is 17.9. The van der Waals surface area contributed by atoms with Crippen molar-refractivity contribution in [2.45, 2.75) is 52.2 Å². The molecule has 0 bridgehead atoms. The molecule has 156 valence electrons. The van der Waals surface area contributed by atoms with E-state index in [4.69, 9.17) is 11.6 Å². The van der Waals surface area contributed by atoms with Crippen molar-refractivity contribution in [3.8, 4) is 0 Å². The predicted molar refractivity (Wildman–Crippen MR) is 115 cm³/mol. The van der Waals surface area contributed by atoms with Crippen LogP contribution in [0, 0.1) is 11.2 Å². The van der Waals surface area contributed by atoms with Crippen LogP contribution in [0.4, 0.5) is 14.9 Å². The van der Waals surface area contributed by atoms with Gasteiger partial charge in [-0.25, -0.2) is 9.18 Å². The summed E-state index contributed by atoms with van der Waals surface area (Å²) < 4.78 is 13.5. The number of anilines is 1. The molecule has 1 N–H and O–H groups in total. The fourth-order valence-electron chi connectivity index (χ4n) is 4.18. The molecule has 0 radical (unpaired) electrons.